The minimum absolute atomic E-state index is 0.00819. The standard InChI is InChI=1S/C6H6NO4/c1-9-5-3-4(11-7-5)6(8)10-2/h3H,1H2,2H3. The highest BCUT2D eigenvalue weighted by molar-refractivity contribution is 5.86. The van der Waals surface area contributed by atoms with Gasteiger partial charge in [0.1, 0.15) is 7.11 Å². The lowest BCUT2D eigenvalue weighted by atomic mass is 10.5. The summed E-state index contributed by atoms with van der Waals surface area (Å²) in [4.78, 5) is 10.7. The van der Waals surface area contributed by atoms with Crippen LogP contribution in [0.1, 0.15) is 10.6 Å². The number of esters is 1. The second kappa shape index (κ2) is 3.05. The van der Waals surface area contributed by atoms with Gasteiger partial charge in [-0.3, -0.25) is 0 Å². The molecule has 1 rings (SSSR count). The maximum atomic E-state index is 10.7. The zero-order valence-corrected chi connectivity index (χ0v) is 5.86. The SMILES string of the molecule is [CH2]Oc1cc(C(=O)OC)on1. The second-order valence-corrected chi connectivity index (χ2v) is 1.67. The van der Waals surface area contributed by atoms with Crippen molar-refractivity contribution in [2.75, 3.05) is 7.11 Å². The summed E-state index contributed by atoms with van der Waals surface area (Å²) in [5.74, 6) is -0.461. The molecule has 0 unspecified atom stereocenters. The molecular formula is C6H6NO4. The fourth-order valence-electron chi connectivity index (χ4n) is 0.524. The smallest absolute Gasteiger partial charge is 0.377 e. The van der Waals surface area contributed by atoms with Gasteiger partial charge in [0, 0.05) is 0 Å². The molecule has 5 nitrogen and oxygen atoms in total. The summed E-state index contributed by atoms with van der Waals surface area (Å²) < 4.78 is 13.3. The largest absolute Gasteiger partial charge is 0.472 e. The molecule has 11 heavy (non-hydrogen) atoms. The van der Waals surface area contributed by atoms with Crippen LogP contribution in [0.4, 0.5) is 0 Å². The fraction of sp³-hybridized carbons (Fsp3) is 0.167. The van der Waals surface area contributed by atoms with Gasteiger partial charge in [0.2, 0.25) is 5.76 Å². The van der Waals surface area contributed by atoms with Crippen molar-refractivity contribution in [1.29, 1.82) is 0 Å². The lowest BCUT2D eigenvalue weighted by molar-refractivity contribution is 0.0554. The molecule has 0 aromatic carbocycles. The van der Waals surface area contributed by atoms with Crippen molar-refractivity contribution in [3.05, 3.63) is 18.9 Å². The van der Waals surface area contributed by atoms with Gasteiger partial charge in [-0.05, 0) is 5.16 Å². The van der Waals surface area contributed by atoms with E-state index in [2.05, 4.69) is 26.3 Å². The van der Waals surface area contributed by atoms with Crippen molar-refractivity contribution in [3.8, 4) is 5.88 Å². The van der Waals surface area contributed by atoms with E-state index in [4.69, 9.17) is 0 Å². The molecule has 1 radical (unpaired) electrons. The summed E-state index contributed by atoms with van der Waals surface area (Å²) >= 11 is 0. The van der Waals surface area contributed by atoms with Gasteiger partial charge in [-0.15, -0.1) is 0 Å². The van der Waals surface area contributed by atoms with Crippen LogP contribution in [-0.4, -0.2) is 18.2 Å². The van der Waals surface area contributed by atoms with Crippen LogP contribution in [0.3, 0.4) is 0 Å². The Morgan fingerprint density at radius 1 is 1.82 bits per heavy atom. The molecule has 0 atom stereocenters. The van der Waals surface area contributed by atoms with Gasteiger partial charge in [0.05, 0.1) is 13.2 Å². The number of rotatable bonds is 2. The molecule has 1 aromatic heterocycles. The van der Waals surface area contributed by atoms with Crippen molar-refractivity contribution in [2.24, 2.45) is 0 Å². The van der Waals surface area contributed by atoms with Crippen molar-refractivity contribution < 1.29 is 18.8 Å². The van der Waals surface area contributed by atoms with Crippen LogP contribution in [0.5, 0.6) is 5.88 Å². The normalized spacial score (nSPS) is 9.27. The van der Waals surface area contributed by atoms with Gasteiger partial charge >= 0.3 is 5.97 Å². The molecule has 0 amide bonds. The molecule has 0 bridgehead atoms. The van der Waals surface area contributed by atoms with Gasteiger partial charge < -0.3 is 14.0 Å². The Balaban J connectivity index is 2.80. The predicted molar refractivity (Wildman–Crippen MR) is 33.8 cm³/mol. The third-order valence-corrected chi connectivity index (χ3v) is 1.02. The number of hydrogen-bond donors (Lipinski definition) is 0. The summed E-state index contributed by atoms with van der Waals surface area (Å²) in [6, 6.07) is 1.29. The highest BCUT2D eigenvalue weighted by Crippen LogP contribution is 2.10. The molecule has 5 heteroatoms. The van der Waals surface area contributed by atoms with Crippen LogP contribution in [0.25, 0.3) is 0 Å². The highest BCUT2D eigenvalue weighted by Gasteiger charge is 2.12. The number of methoxy groups -OCH3 is 1. The molecule has 0 aliphatic carbocycles. The zero-order valence-electron chi connectivity index (χ0n) is 5.86. The van der Waals surface area contributed by atoms with Gasteiger partial charge in [-0.2, -0.15) is 0 Å². The molecule has 0 N–H and O–H groups in total. The molecule has 59 valence electrons. The second-order valence-electron chi connectivity index (χ2n) is 1.67. The Morgan fingerprint density at radius 3 is 3.00 bits per heavy atom. The minimum atomic E-state index is -0.596. The van der Waals surface area contributed by atoms with E-state index in [0.717, 1.165) is 0 Å². The number of aromatic nitrogens is 1. The first-order valence-electron chi connectivity index (χ1n) is 2.75. The summed E-state index contributed by atoms with van der Waals surface area (Å²) in [6.45, 7) is 0. The number of hydrogen-bond acceptors (Lipinski definition) is 5. The van der Waals surface area contributed by atoms with Crippen molar-refractivity contribution >= 4 is 5.97 Å². The maximum Gasteiger partial charge on any atom is 0.377 e. The molecule has 0 fully saturated rings. The summed E-state index contributed by atoms with van der Waals surface area (Å²) in [6.07, 6.45) is 0. The number of nitrogens with zero attached hydrogens (tertiary/aromatic N) is 1. The van der Waals surface area contributed by atoms with Crippen molar-refractivity contribution in [1.82, 2.24) is 5.16 Å². The maximum absolute atomic E-state index is 10.7. The highest BCUT2D eigenvalue weighted by atomic mass is 16.6. The van der Waals surface area contributed by atoms with E-state index in [1.807, 2.05) is 0 Å². The van der Waals surface area contributed by atoms with Crippen LogP contribution in [0.2, 0.25) is 0 Å². The molecule has 0 saturated heterocycles. The Kier molecular flexibility index (Phi) is 2.10. The monoisotopic (exact) mass is 156 g/mol. The average Bonchev–Trinajstić information content (AvgIpc) is 2.50. The van der Waals surface area contributed by atoms with E-state index in [9.17, 15) is 4.79 Å². The zero-order chi connectivity index (χ0) is 8.27. The van der Waals surface area contributed by atoms with Crippen molar-refractivity contribution in [3.63, 3.8) is 0 Å². The Labute approximate surface area is 62.9 Å². The van der Waals surface area contributed by atoms with Gasteiger partial charge in [-0.1, -0.05) is 0 Å². The predicted octanol–water partition coefficient (Wildman–Crippen LogP) is 0.632. The number of carbonyl (C=O) groups excluding carboxylic acids is 1. The van der Waals surface area contributed by atoms with E-state index in [0.29, 0.717) is 0 Å². The molecule has 0 aliphatic heterocycles. The van der Waals surface area contributed by atoms with Crippen LogP contribution in [0, 0.1) is 7.11 Å². The first kappa shape index (κ1) is 7.59. The average molecular weight is 156 g/mol. The quantitative estimate of drug-likeness (QED) is 0.587. The lowest BCUT2D eigenvalue weighted by Gasteiger charge is -1.88. The van der Waals surface area contributed by atoms with E-state index < -0.39 is 5.97 Å². The molecular weight excluding hydrogens is 150 g/mol. The number of carbonyl (C=O) groups is 1. The third-order valence-electron chi connectivity index (χ3n) is 1.02. The molecule has 1 aromatic rings. The summed E-state index contributed by atoms with van der Waals surface area (Å²) in [5, 5.41) is 3.34. The Hall–Kier alpha value is -1.52. The molecule has 1 heterocycles. The van der Waals surface area contributed by atoms with E-state index in [-0.39, 0.29) is 11.6 Å². The lowest BCUT2D eigenvalue weighted by Crippen LogP contribution is -1.98. The number of ether oxygens (including phenoxy) is 2. The Bertz CT molecular complexity index is 255. The van der Waals surface area contributed by atoms with E-state index >= 15 is 0 Å². The van der Waals surface area contributed by atoms with E-state index in [1.165, 1.54) is 13.2 Å². The topological polar surface area (TPSA) is 61.6 Å². The summed E-state index contributed by atoms with van der Waals surface area (Å²) in [7, 11) is 4.33. The van der Waals surface area contributed by atoms with Crippen molar-refractivity contribution in [2.45, 2.75) is 0 Å². The molecule has 0 saturated carbocycles. The van der Waals surface area contributed by atoms with Gasteiger partial charge in [0.25, 0.3) is 5.88 Å². The van der Waals surface area contributed by atoms with Crippen LogP contribution >= 0.6 is 0 Å². The van der Waals surface area contributed by atoms with Gasteiger partial charge in [-0.25, -0.2) is 4.79 Å². The van der Waals surface area contributed by atoms with Crippen LogP contribution < -0.4 is 4.74 Å². The van der Waals surface area contributed by atoms with Crippen LogP contribution in [-0.2, 0) is 4.74 Å². The molecule has 0 aliphatic rings. The Morgan fingerprint density at radius 2 is 2.55 bits per heavy atom. The molecule has 0 spiro atoms. The third kappa shape index (κ3) is 1.49. The van der Waals surface area contributed by atoms with Gasteiger partial charge in [0.15, 0.2) is 0 Å². The fourth-order valence-corrected chi connectivity index (χ4v) is 0.524. The van der Waals surface area contributed by atoms with Crippen LogP contribution in [0.15, 0.2) is 10.6 Å². The first-order chi connectivity index (χ1) is 5.27. The minimum Gasteiger partial charge on any atom is -0.472 e. The van der Waals surface area contributed by atoms with E-state index in [1.54, 1.807) is 0 Å². The first-order valence-corrected chi connectivity index (χ1v) is 2.75. The summed E-state index contributed by atoms with van der Waals surface area (Å²) in [5.41, 5.74) is 0.